The average molecular weight is 356 g/mol. The van der Waals surface area contributed by atoms with Crippen LogP contribution in [0.4, 0.5) is 0 Å². The molecule has 1 aromatic carbocycles. The lowest BCUT2D eigenvalue weighted by atomic mass is 10.0. The summed E-state index contributed by atoms with van der Waals surface area (Å²) in [6.45, 7) is 6.61. The van der Waals surface area contributed by atoms with Crippen molar-refractivity contribution in [1.82, 2.24) is 5.32 Å². The molecule has 1 aromatic rings. The normalized spacial score (nSPS) is 17.4. The number of benzene rings is 1. The van der Waals surface area contributed by atoms with Gasteiger partial charge in [0, 0.05) is 11.0 Å². The van der Waals surface area contributed by atoms with Crippen molar-refractivity contribution in [2.75, 3.05) is 13.2 Å². The fourth-order valence-corrected chi connectivity index (χ4v) is 3.05. The standard InChI is InChI=1S/C17H26BrNO2/c1-13(2)10-19-11-14-9-15(5-6-16(14)18)21-12-17(20)7-3-4-8-17/h5-6,9,13,19-20H,3-4,7-8,10-12H2,1-2H3. The van der Waals surface area contributed by atoms with Crippen LogP contribution in [-0.2, 0) is 6.54 Å². The Hall–Kier alpha value is -0.580. The monoisotopic (exact) mass is 355 g/mol. The van der Waals surface area contributed by atoms with E-state index in [0.717, 1.165) is 49.0 Å². The Labute approximate surface area is 136 Å². The average Bonchev–Trinajstić information content (AvgIpc) is 2.86. The number of nitrogens with one attached hydrogen (secondary N) is 1. The van der Waals surface area contributed by atoms with Crippen LogP contribution >= 0.6 is 15.9 Å². The first-order chi connectivity index (χ1) is 9.98. The first kappa shape index (κ1) is 16.8. The zero-order valence-corrected chi connectivity index (χ0v) is 14.6. The van der Waals surface area contributed by atoms with Crippen LogP contribution in [0.25, 0.3) is 0 Å². The van der Waals surface area contributed by atoms with E-state index in [2.05, 4.69) is 41.2 Å². The molecule has 0 aliphatic heterocycles. The van der Waals surface area contributed by atoms with E-state index in [4.69, 9.17) is 4.74 Å². The van der Waals surface area contributed by atoms with Crippen molar-refractivity contribution < 1.29 is 9.84 Å². The molecule has 2 N–H and O–H groups in total. The van der Waals surface area contributed by atoms with Crippen molar-refractivity contribution in [2.24, 2.45) is 5.92 Å². The van der Waals surface area contributed by atoms with Crippen LogP contribution in [0, 0.1) is 5.92 Å². The van der Waals surface area contributed by atoms with Gasteiger partial charge in [-0.05, 0) is 49.1 Å². The van der Waals surface area contributed by atoms with Gasteiger partial charge in [-0.3, -0.25) is 0 Å². The van der Waals surface area contributed by atoms with Crippen molar-refractivity contribution in [3.05, 3.63) is 28.2 Å². The maximum atomic E-state index is 10.3. The topological polar surface area (TPSA) is 41.5 Å². The Morgan fingerprint density at radius 3 is 2.71 bits per heavy atom. The summed E-state index contributed by atoms with van der Waals surface area (Å²) in [6.07, 6.45) is 3.91. The minimum absolute atomic E-state index is 0.396. The van der Waals surface area contributed by atoms with Crippen molar-refractivity contribution in [3.63, 3.8) is 0 Å². The summed E-state index contributed by atoms with van der Waals surface area (Å²) in [7, 11) is 0. The fraction of sp³-hybridized carbons (Fsp3) is 0.647. The molecule has 0 radical (unpaired) electrons. The Morgan fingerprint density at radius 1 is 1.33 bits per heavy atom. The highest BCUT2D eigenvalue weighted by Gasteiger charge is 2.31. The van der Waals surface area contributed by atoms with Crippen LogP contribution in [0.1, 0.15) is 45.1 Å². The van der Waals surface area contributed by atoms with Crippen LogP contribution in [0.2, 0.25) is 0 Å². The molecule has 0 aromatic heterocycles. The number of halogens is 1. The second-order valence-corrected chi connectivity index (χ2v) is 7.35. The van der Waals surface area contributed by atoms with E-state index < -0.39 is 5.60 Å². The van der Waals surface area contributed by atoms with E-state index in [1.807, 2.05) is 12.1 Å². The molecule has 4 heteroatoms. The quantitative estimate of drug-likeness (QED) is 0.779. The van der Waals surface area contributed by atoms with E-state index in [0.29, 0.717) is 12.5 Å². The molecule has 0 amide bonds. The molecule has 1 aliphatic carbocycles. The van der Waals surface area contributed by atoms with E-state index in [1.54, 1.807) is 0 Å². The van der Waals surface area contributed by atoms with E-state index >= 15 is 0 Å². The molecule has 118 valence electrons. The van der Waals surface area contributed by atoms with Gasteiger partial charge < -0.3 is 15.2 Å². The number of hydrogen-bond acceptors (Lipinski definition) is 3. The summed E-state index contributed by atoms with van der Waals surface area (Å²) >= 11 is 3.58. The second-order valence-electron chi connectivity index (χ2n) is 6.50. The lowest BCUT2D eigenvalue weighted by Gasteiger charge is -2.22. The lowest BCUT2D eigenvalue weighted by molar-refractivity contribution is 0.00138. The van der Waals surface area contributed by atoms with E-state index in [9.17, 15) is 5.11 Å². The summed E-state index contributed by atoms with van der Waals surface area (Å²) in [5, 5.41) is 13.8. The second kappa shape index (κ2) is 7.61. The van der Waals surface area contributed by atoms with E-state index in [1.165, 1.54) is 5.56 Å². The molecule has 0 spiro atoms. The van der Waals surface area contributed by atoms with Crippen LogP contribution in [0.15, 0.2) is 22.7 Å². The Balaban J connectivity index is 1.91. The molecule has 0 unspecified atom stereocenters. The minimum Gasteiger partial charge on any atom is -0.491 e. The van der Waals surface area contributed by atoms with Crippen molar-refractivity contribution in [3.8, 4) is 5.75 Å². The van der Waals surface area contributed by atoms with Gasteiger partial charge in [0.25, 0.3) is 0 Å². The highest BCUT2D eigenvalue weighted by Crippen LogP contribution is 2.30. The largest absolute Gasteiger partial charge is 0.491 e. The van der Waals surface area contributed by atoms with Gasteiger partial charge in [-0.2, -0.15) is 0 Å². The molecular weight excluding hydrogens is 330 g/mol. The zero-order chi connectivity index (χ0) is 15.3. The van der Waals surface area contributed by atoms with Gasteiger partial charge in [-0.25, -0.2) is 0 Å². The molecule has 3 nitrogen and oxygen atoms in total. The van der Waals surface area contributed by atoms with Gasteiger partial charge in [0.2, 0.25) is 0 Å². The summed E-state index contributed by atoms with van der Waals surface area (Å²) < 4.78 is 6.91. The zero-order valence-electron chi connectivity index (χ0n) is 13.0. The molecule has 1 aliphatic rings. The first-order valence-corrected chi connectivity index (χ1v) is 8.62. The molecule has 2 rings (SSSR count). The molecule has 1 saturated carbocycles. The molecular formula is C17H26BrNO2. The van der Waals surface area contributed by atoms with Gasteiger partial charge in [-0.15, -0.1) is 0 Å². The highest BCUT2D eigenvalue weighted by atomic mass is 79.9. The predicted molar refractivity (Wildman–Crippen MR) is 89.6 cm³/mol. The summed E-state index contributed by atoms with van der Waals surface area (Å²) in [4.78, 5) is 0. The molecule has 0 heterocycles. The summed E-state index contributed by atoms with van der Waals surface area (Å²) in [5.41, 5.74) is 0.565. The van der Waals surface area contributed by atoms with Crippen molar-refractivity contribution in [1.29, 1.82) is 0 Å². The van der Waals surface area contributed by atoms with Gasteiger partial charge in [0.15, 0.2) is 0 Å². The smallest absolute Gasteiger partial charge is 0.119 e. The number of ether oxygens (including phenoxy) is 1. The maximum Gasteiger partial charge on any atom is 0.119 e. The number of aliphatic hydroxyl groups is 1. The Morgan fingerprint density at radius 2 is 2.05 bits per heavy atom. The molecule has 0 saturated heterocycles. The number of rotatable bonds is 7. The Bertz CT molecular complexity index is 456. The maximum absolute atomic E-state index is 10.3. The van der Waals surface area contributed by atoms with Gasteiger partial charge in [0.05, 0.1) is 5.60 Å². The SMILES string of the molecule is CC(C)CNCc1cc(OCC2(O)CCCC2)ccc1Br. The summed E-state index contributed by atoms with van der Waals surface area (Å²) in [5.74, 6) is 1.47. The van der Waals surface area contributed by atoms with Gasteiger partial charge in [-0.1, -0.05) is 42.6 Å². The Kier molecular flexibility index (Phi) is 6.08. The minimum atomic E-state index is -0.622. The third-order valence-corrected chi connectivity index (χ3v) is 4.70. The predicted octanol–water partition coefficient (Wildman–Crippen LogP) is 3.88. The third-order valence-electron chi connectivity index (χ3n) is 3.93. The van der Waals surface area contributed by atoms with Gasteiger partial charge in [0.1, 0.15) is 12.4 Å². The van der Waals surface area contributed by atoms with E-state index in [-0.39, 0.29) is 0 Å². The van der Waals surface area contributed by atoms with Crippen LogP contribution in [0.3, 0.4) is 0 Å². The van der Waals surface area contributed by atoms with Gasteiger partial charge >= 0.3 is 0 Å². The summed E-state index contributed by atoms with van der Waals surface area (Å²) in [6, 6.07) is 6.02. The fourth-order valence-electron chi connectivity index (χ4n) is 2.67. The van der Waals surface area contributed by atoms with Crippen molar-refractivity contribution in [2.45, 2.75) is 51.7 Å². The molecule has 0 atom stereocenters. The number of hydrogen-bond donors (Lipinski definition) is 2. The van der Waals surface area contributed by atoms with Crippen LogP contribution < -0.4 is 10.1 Å². The molecule has 21 heavy (non-hydrogen) atoms. The van der Waals surface area contributed by atoms with Crippen LogP contribution in [0.5, 0.6) is 5.75 Å². The first-order valence-electron chi connectivity index (χ1n) is 7.83. The van der Waals surface area contributed by atoms with Crippen molar-refractivity contribution >= 4 is 15.9 Å². The lowest BCUT2D eigenvalue weighted by Crippen LogP contribution is -2.32. The van der Waals surface area contributed by atoms with Crippen LogP contribution in [-0.4, -0.2) is 23.9 Å². The molecule has 0 bridgehead atoms. The molecule has 1 fully saturated rings. The highest BCUT2D eigenvalue weighted by molar-refractivity contribution is 9.10. The third kappa shape index (κ3) is 5.28.